The highest BCUT2D eigenvalue weighted by molar-refractivity contribution is 5.30. The lowest BCUT2D eigenvalue weighted by Gasteiger charge is -2.27. The molecule has 0 saturated heterocycles. The van der Waals surface area contributed by atoms with E-state index in [1.54, 1.807) is 17.7 Å². The van der Waals surface area contributed by atoms with Crippen molar-refractivity contribution in [2.24, 2.45) is 0 Å². The standard InChI is InChI=1S/C11H15N.C9H12O.C9H12.C8H9F/c1-2-12-8-7-10-5-3-4-6-11(10)9-12;1-3-10-9-6-4-8(2)5-7-9;1-7-4-5-8(2)9(3)6-7;1-2-7-5-3-4-6-8(7)9/h3-6H,2,7-9H2,1H3;4-7H,3H2,1-2H3;4-6H,1-3H3;3-6H,2H2,1H3. The van der Waals surface area contributed by atoms with Gasteiger partial charge in [-0.1, -0.05) is 97.8 Å². The van der Waals surface area contributed by atoms with Crippen LogP contribution in [0.5, 0.6) is 5.75 Å². The minimum atomic E-state index is -0.0972. The number of hydrogen-bond acceptors (Lipinski definition) is 2. The first kappa shape index (κ1) is 32.8. The summed E-state index contributed by atoms with van der Waals surface area (Å²) in [6.45, 7) is 18.9. The summed E-state index contributed by atoms with van der Waals surface area (Å²) in [7, 11) is 0. The number of hydrogen-bond donors (Lipinski definition) is 0. The predicted molar refractivity (Wildman–Crippen MR) is 170 cm³/mol. The highest BCUT2D eigenvalue weighted by atomic mass is 19.1. The lowest BCUT2D eigenvalue weighted by molar-refractivity contribution is 0.268. The van der Waals surface area contributed by atoms with E-state index in [9.17, 15) is 4.39 Å². The Morgan fingerprint density at radius 2 is 1.32 bits per heavy atom. The van der Waals surface area contributed by atoms with Crippen LogP contribution in [0.3, 0.4) is 0 Å². The zero-order valence-corrected chi connectivity index (χ0v) is 25.6. The minimum Gasteiger partial charge on any atom is -0.494 e. The number of fused-ring (bicyclic) bond motifs is 1. The fourth-order valence-corrected chi connectivity index (χ4v) is 4.30. The molecule has 0 aliphatic carbocycles. The average molecular weight is 542 g/mol. The highest BCUT2D eigenvalue weighted by Crippen LogP contribution is 2.17. The van der Waals surface area contributed by atoms with Crippen LogP contribution in [0.25, 0.3) is 0 Å². The van der Waals surface area contributed by atoms with Crippen molar-refractivity contribution in [3.63, 3.8) is 0 Å². The number of rotatable bonds is 4. The van der Waals surface area contributed by atoms with Gasteiger partial charge in [-0.05, 0) is 100 Å². The SMILES string of the molecule is CCN1CCc2ccccc2C1.CCOc1ccc(C)cc1.CCc1ccccc1F.Cc1ccc(C)c(C)c1. The van der Waals surface area contributed by atoms with Gasteiger partial charge in [0.05, 0.1) is 6.61 Å². The van der Waals surface area contributed by atoms with Crippen LogP contribution in [-0.4, -0.2) is 24.6 Å². The van der Waals surface area contributed by atoms with Gasteiger partial charge in [-0.15, -0.1) is 0 Å². The van der Waals surface area contributed by atoms with Crippen LogP contribution in [0.1, 0.15) is 59.7 Å². The molecule has 5 rings (SSSR count). The fraction of sp³-hybridized carbons (Fsp3) is 0.351. The van der Waals surface area contributed by atoms with Gasteiger partial charge in [-0.3, -0.25) is 4.90 Å². The Kier molecular flexibility index (Phi) is 14.8. The smallest absolute Gasteiger partial charge is 0.126 e. The van der Waals surface area contributed by atoms with Crippen LogP contribution in [0.15, 0.2) is 91.0 Å². The highest BCUT2D eigenvalue weighted by Gasteiger charge is 2.12. The van der Waals surface area contributed by atoms with E-state index >= 15 is 0 Å². The second-order valence-corrected chi connectivity index (χ2v) is 10.2. The Balaban J connectivity index is 0.000000188. The summed E-state index contributed by atoms with van der Waals surface area (Å²) in [5.41, 5.74) is 9.22. The molecule has 1 aliphatic heterocycles. The number of halogens is 1. The third-order valence-corrected chi connectivity index (χ3v) is 6.99. The summed E-state index contributed by atoms with van der Waals surface area (Å²) in [4.78, 5) is 2.49. The molecule has 0 N–H and O–H groups in total. The Morgan fingerprint density at radius 1 is 0.700 bits per heavy atom. The quantitative estimate of drug-likeness (QED) is 0.255. The molecule has 214 valence electrons. The topological polar surface area (TPSA) is 12.5 Å². The largest absolute Gasteiger partial charge is 0.494 e. The molecular weight excluding hydrogens is 493 g/mol. The molecule has 4 aromatic carbocycles. The van der Waals surface area contributed by atoms with E-state index in [0.29, 0.717) is 0 Å². The van der Waals surface area contributed by atoms with E-state index in [0.717, 1.165) is 30.9 Å². The van der Waals surface area contributed by atoms with Crippen molar-refractivity contribution in [1.29, 1.82) is 0 Å². The Morgan fingerprint density at radius 3 is 1.88 bits per heavy atom. The molecule has 0 bridgehead atoms. The lowest BCUT2D eigenvalue weighted by atomic mass is 10.0. The van der Waals surface area contributed by atoms with Crippen LogP contribution in [-0.2, 0) is 19.4 Å². The third-order valence-electron chi connectivity index (χ3n) is 6.99. The second-order valence-electron chi connectivity index (χ2n) is 10.2. The van der Waals surface area contributed by atoms with Gasteiger partial charge >= 0.3 is 0 Å². The monoisotopic (exact) mass is 541 g/mol. The molecule has 0 aromatic heterocycles. The van der Waals surface area contributed by atoms with Gasteiger partial charge in [-0.25, -0.2) is 4.39 Å². The first-order chi connectivity index (χ1) is 19.3. The molecule has 1 aliphatic rings. The molecule has 0 unspecified atom stereocenters. The predicted octanol–water partition coefficient (Wildman–Crippen LogP) is 9.46. The van der Waals surface area contributed by atoms with Gasteiger partial charge in [0.15, 0.2) is 0 Å². The van der Waals surface area contributed by atoms with Crippen LogP contribution in [0, 0.1) is 33.5 Å². The molecule has 0 atom stereocenters. The van der Waals surface area contributed by atoms with E-state index in [-0.39, 0.29) is 5.82 Å². The van der Waals surface area contributed by atoms with Gasteiger partial charge in [0.2, 0.25) is 0 Å². The van der Waals surface area contributed by atoms with Gasteiger partial charge in [-0.2, -0.15) is 0 Å². The molecule has 0 fully saturated rings. The Bertz CT molecular complexity index is 1270. The van der Waals surface area contributed by atoms with Crippen molar-refractivity contribution in [2.75, 3.05) is 19.7 Å². The van der Waals surface area contributed by atoms with E-state index in [1.165, 1.54) is 53.4 Å². The zero-order chi connectivity index (χ0) is 29.3. The van der Waals surface area contributed by atoms with Crippen molar-refractivity contribution in [3.05, 3.63) is 136 Å². The van der Waals surface area contributed by atoms with Crippen molar-refractivity contribution < 1.29 is 9.13 Å². The van der Waals surface area contributed by atoms with Gasteiger partial charge in [0.1, 0.15) is 11.6 Å². The molecule has 4 aromatic rings. The van der Waals surface area contributed by atoms with Crippen molar-refractivity contribution >= 4 is 0 Å². The van der Waals surface area contributed by atoms with Crippen LogP contribution >= 0.6 is 0 Å². The van der Waals surface area contributed by atoms with Crippen LogP contribution in [0.4, 0.5) is 4.39 Å². The molecule has 3 heteroatoms. The number of benzene rings is 4. The maximum Gasteiger partial charge on any atom is 0.126 e. The number of likely N-dealkylation sites (N-methyl/N-ethyl adjacent to an activating group) is 1. The van der Waals surface area contributed by atoms with Gasteiger partial charge in [0, 0.05) is 13.1 Å². The summed E-state index contributed by atoms with van der Waals surface area (Å²) >= 11 is 0. The minimum absolute atomic E-state index is 0.0972. The van der Waals surface area contributed by atoms with Crippen molar-refractivity contribution in [1.82, 2.24) is 4.90 Å². The normalized spacial score (nSPS) is 11.9. The summed E-state index contributed by atoms with van der Waals surface area (Å²) in [6.07, 6.45) is 2.00. The molecule has 1 heterocycles. The molecule has 2 nitrogen and oxygen atoms in total. The summed E-state index contributed by atoms with van der Waals surface area (Å²) in [6, 6.07) is 30.2. The summed E-state index contributed by atoms with van der Waals surface area (Å²) in [5.74, 6) is 0.855. The first-order valence-electron chi connectivity index (χ1n) is 14.5. The zero-order valence-electron chi connectivity index (χ0n) is 25.6. The fourth-order valence-electron chi connectivity index (χ4n) is 4.30. The van der Waals surface area contributed by atoms with Crippen LogP contribution in [0.2, 0.25) is 0 Å². The van der Waals surface area contributed by atoms with Gasteiger partial charge < -0.3 is 4.74 Å². The average Bonchev–Trinajstić information content (AvgIpc) is 2.97. The van der Waals surface area contributed by atoms with E-state index < -0.39 is 0 Å². The second kappa shape index (κ2) is 18.0. The molecular formula is C37H48FNO. The first-order valence-corrected chi connectivity index (χ1v) is 14.5. The van der Waals surface area contributed by atoms with Crippen molar-refractivity contribution in [3.8, 4) is 5.75 Å². The molecule has 0 amide bonds. The summed E-state index contributed by atoms with van der Waals surface area (Å²) in [5, 5.41) is 0. The number of ether oxygens (including phenoxy) is 1. The Labute approximate surface area is 242 Å². The maximum atomic E-state index is 12.6. The molecule has 40 heavy (non-hydrogen) atoms. The van der Waals surface area contributed by atoms with E-state index in [1.807, 2.05) is 44.2 Å². The van der Waals surface area contributed by atoms with Crippen LogP contribution < -0.4 is 4.74 Å². The Hall–Kier alpha value is -3.43. The molecule has 0 radical (unpaired) electrons. The number of aryl methyl sites for hydroxylation is 5. The lowest BCUT2D eigenvalue weighted by Crippen LogP contribution is -2.29. The number of nitrogens with zero attached hydrogens (tertiary/aromatic N) is 1. The van der Waals surface area contributed by atoms with Gasteiger partial charge in [0.25, 0.3) is 0 Å². The molecule has 0 saturated carbocycles. The van der Waals surface area contributed by atoms with E-state index in [2.05, 4.69) is 82.0 Å². The summed E-state index contributed by atoms with van der Waals surface area (Å²) < 4.78 is 17.9. The van der Waals surface area contributed by atoms with Crippen molar-refractivity contribution in [2.45, 2.75) is 67.9 Å². The maximum absolute atomic E-state index is 12.6. The third kappa shape index (κ3) is 11.8. The van der Waals surface area contributed by atoms with E-state index in [4.69, 9.17) is 4.74 Å². The molecule has 0 spiro atoms.